The van der Waals surface area contributed by atoms with Gasteiger partial charge in [0.25, 0.3) is 0 Å². The lowest BCUT2D eigenvalue weighted by atomic mass is 10.0. The van der Waals surface area contributed by atoms with Gasteiger partial charge in [0, 0.05) is 11.9 Å². The van der Waals surface area contributed by atoms with E-state index in [0.29, 0.717) is 12.6 Å². The van der Waals surface area contributed by atoms with Crippen LogP contribution in [0.4, 0.5) is 0 Å². The summed E-state index contributed by atoms with van der Waals surface area (Å²) in [6, 6.07) is 12.6. The Morgan fingerprint density at radius 3 is 2.30 bits per heavy atom. The van der Waals surface area contributed by atoms with Crippen LogP contribution in [0.5, 0.6) is 5.75 Å². The van der Waals surface area contributed by atoms with Crippen molar-refractivity contribution in [3.63, 3.8) is 0 Å². The maximum Gasteiger partial charge on any atom is 0.127 e. The van der Waals surface area contributed by atoms with Crippen molar-refractivity contribution in [1.29, 1.82) is 0 Å². The van der Waals surface area contributed by atoms with Gasteiger partial charge in [-0.2, -0.15) is 0 Å². The molecule has 106 valence electrons. The monoisotopic (exact) mass is 269 g/mol. The van der Waals surface area contributed by atoms with E-state index in [1.807, 2.05) is 0 Å². The SMILES string of the molecule is NCc1ccc(OC2CCCCCC2)c2ccccc12. The highest BCUT2D eigenvalue weighted by Crippen LogP contribution is 2.31. The second-order valence-corrected chi connectivity index (χ2v) is 5.70. The molecule has 2 heteroatoms. The molecule has 0 atom stereocenters. The van der Waals surface area contributed by atoms with Crippen LogP contribution in [0.1, 0.15) is 44.1 Å². The highest BCUT2D eigenvalue weighted by Gasteiger charge is 2.15. The predicted octanol–water partition coefficient (Wildman–Crippen LogP) is 4.40. The average Bonchev–Trinajstić information content (AvgIpc) is 2.76. The molecule has 0 aromatic heterocycles. The van der Waals surface area contributed by atoms with Crippen LogP contribution in [-0.2, 0) is 6.54 Å². The molecule has 2 N–H and O–H groups in total. The summed E-state index contributed by atoms with van der Waals surface area (Å²) in [4.78, 5) is 0. The average molecular weight is 269 g/mol. The number of hydrogen-bond acceptors (Lipinski definition) is 2. The zero-order chi connectivity index (χ0) is 13.8. The Balaban J connectivity index is 1.91. The zero-order valence-electron chi connectivity index (χ0n) is 12.0. The molecule has 0 bridgehead atoms. The standard InChI is InChI=1S/C18H23NO/c19-13-14-11-12-18(17-10-6-5-9-16(14)17)20-15-7-3-1-2-4-8-15/h5-6,9-12,15H,1-4,7-8,13,19H2. The van der Waals surface area contributed by atoms with Crippen LogP contribution in [0.25, 0.3) is 10.8 Å². The first-order valence-electron chi connectivity index (χ1n) is 7.76. The summed E-state index contributed by atoms with van der Waals surface area (Å²) in [6.07, 6.45) is 8.05. The normalized spacial score (nSPS) is 17.1. The molecular weight excluding hydrogens is 246 g/mol. The molecule has 0 unspecified atom stereocenters. The molecule has 2 aromatic carbocycles. The summed E-state index contributed by atoms with van der Waals surface area (Å²) >= 11 is 0. The molecule has 0 amide bonds. The van der Waals surface area contributed by atoms with Gasteiger partial charge in [0.05, 0.1) is 6.10 Å². The van der Waals surface area contributed by atoms with E-state index in [1.54, 1.807) is 0 Å². The van der Waals surface area contributed by atoms with Gasteiger partial charge in [-0.05, 0) is 42.7 Å². The van der Waals surface area contributed by atoms with Crippen molar-refractivity contribution in [2.75, 3.05) is 0 Å². The minimum atomic E-state index is 0.379. The Morgan fingerprint density at radius 2 is 1.60 bits per heavy atom. The molecule has 3 rings (SSSR count). The summed E-state index contributed by atoms with van der Waals surface area (Å²) in [7, 11) is 0. The van der Waals surface area contributed by atoms with Gasteiger partial charge >= 0.3 is 0 Å². The van der Waals surface area contributed by atoms with Gasteiger partial charge in [-0.1, -0.05) is 43.2 Å². The molecule has 0 radical (unpaired) electrons. The maximum atomic E-state index is 6.31. The summed E-state index contributed by atoms with van der Waals surface area (Å²) < 4.78 is 6.31. The fourth-order valence-corrected chi connectivity index (χ4v) is 3.15. The van der Waals surface area contributed by atoms with E-state index in [2.05, 4.69) is 36.4 Å². The fraction of sp³-hybridized carbons (Fsp3) is 0.444. The summed E-state index contributed by atoms with van der Waals surface area (Å²) in [5, 5.41) is 2.42. The first-order chi connectivity index (χ1) is 9.88. The Kier molecular flexibility index (Phi) is 4.22. The first-order valence-corrected chi connectivity index (χ1v) is 7.76. The summed E-state index contributed by atoms with van der Waals surface area (Å²) in [5.41, 5.74) is 7.02. The van der Waals surface area contributed by atoms with Crippen molar-refractivity contribution >= 4 is 10.8 Å². The van der Waals surface area contributed by atoms with Gasteiger partial charge in [-0.25, -0.2) is 0 Å². The second-order valence-electron chi connectivity index (χ2n) is 5.70. The number of hydrogen-bond donors (Lipinski definition) is 1. The van der Waals surface area contributed by atoms with E-state index >= 15 is 0 Å². The lowest BCUT2D eigenvalue weighted by molar-refractivity contribution is 0.186. The Morgan fingerprint density at radius 1 is 0.900 bits per heavy atom. The molecule has 0 heterocycles. The van der Waals surface area contributed by atoms with Crippen molar-refractivity contribution in [3.8, 4) is 5.75 Å². The van der Waals surface area contributed by atoms with E-state index in [-0.39, 0.29) is 0 Å². The van der Waals surface area contributed by atoms with Gasteiger partial charge in [0.15, 0.2) is 0 Å². The van der Waals surface area contributed by atoms with Crippen LogP contribution in [0, 0.1) is 0 Å². The predicted molar refractivity (Wildman–Crippen MR) is 84.0 cm³/mol. The second kappa shape index (κ2) is 6.27. The van der Waals surface area contributed by atoms with Crippen molar-refractivity contribution < 1.29 is 4.74 Å². The Hall–Kier alpha value is -1.54. The largest absolute Gasteiger partial charge is 0.490 e. The van der Waals surface area contributed by atoms with Crippen molar-refractivity contribution in [2.45, 2.75) is 51.2 Å². The minimum absolute atomic E-state index is 0.379. The van der Waals surface area contributed by atoms with Gasteiger partial charge in [0.1, 0.15) is 5.75 Å². The topological polar surface area (TPSA) is 35.2 Å². The minimum Gasteiger partial charge on any atom is -0.490 e. The van der Waals surface area contributed by atoms with Crippen molar-refractivity contribution in [1.82, 2.24) is 0 Å². The molecule has 20 heavy (non-hydrogen) atoms. The summed E-state index contributed by atoms with van der Waals surface area (Å²) in [6.45, 7) is 0.574. The maximum absolute atomic E-state index is 6.31. The van der Waals surface area contributed by atoms with Crippen LogP contribution in [-0.4, -0.2) is 6.10 Å². The molecule has 1 aliphatic rings. The molecule has 0 spiro atoms. The molecule has 2 aromatic rings. The number of ether oxygens (including phenoxy) is 1. The van der Waals surface area contributed by atoms with E-state index in [4.69, 9.17) is 10.5 Å². The Bertz CT molecular complexity index is 571. The number of nitrogens with two attached hydrogens (primary N) is 1. The quantitative estimate of drug-likeness (QED) is 0.838. The van der Waals surface area contributed by atoms with Crippen molar-refractivity contribution in [2.24, 2.45) is 5.73 Å². The Labute approximate surface area is 120 Å². The molecule has 0 aliphatic heterocycles. The van der Waals surface area contributed by atoms with Crippen LogP contribution >= 0.6 is 0 Å². The molecular formula is C18H23NO. The number of fused-ring (bicyclic) bond motifs is 1. The van der Waals surface area contributed by atoms with Gasteiger partial charge in [0.2, 0.25) is 0 Å². The number of rotatable bonds is 3. The summed E-state index contributed by atoms with van der Waals surface area (Å²) in [5.74, 6) is 1.02. The smallest absolute Gasteiger partial charge is 0.127 e. The molecule has 2 nitrogen and oxygen atoms in total. The third-order valence-electron chi connectivity index (χ3n) is 4.29. The van der Waals surface area contributed by atoms with E-state index in [1.165, 1.54) is 54.9 Å². The van der Waals surface area contributed by atoms with Crippen molar-refractivity contribution in [3.05, 3.63) is 42.0 Å². The van der Waals surface area contributed by atoms with Crippen LogP contribution in [0.15, 0.2) is 36.4 Å². The van der Waals surface area contributed by atoms with Crippen LogP contribution in [0.3, 0.4) is 0 Å². The lowest BCUT2D eigenvalue weighted by Crippen LogP contribution is -2.15. The van der Waals surface area contributed by atoms with E-state index in [0.717, 1.165) is 5.75 Å². The first kappa shape index (κ1) is 13.4. The van der Waals surface area contributed by atoms with Gasteiger partial charge in [-0.3, -0.25) is 0 Å². The lowest BCUT2D eigenvalue weighted by Gasteiger charge is -2.19. The molecule has 1 fully saturated rings. The van der Waals surface area contributed by atoms with E-state index < -0.39 is 0 Å². The third-order valence-corrected chi connectivity index (χ3v) is 4.29. The van der Waals surface area contributed by atoms with Crippen LogP contribution in [0.2, 0.25) is 0 Å². The fourth-order valence-electron chi connectivity index (χ4n) is 3.15. The molecule has 1 saturated carbocycles. The van der Waals surface area contributed by atoms with Gasteiger partial charge < -0.3 is 10.5 Å². The van der Waals surface area contributed by atoms with Gasteiger partial charge in [-0.15, -0.1) is 0 Å². The third kappa shape index (κ3) is 2.80. The zero-order valence-corrected chi connectivity index (χ0v) is 12.0. The number of benzene rings is 2. The molecule has 0 saturated heterocycles. The van der Waals surface area contributed by atoms with Crippen LogP contribution < -0.4 is 10.5 Å². The van der Waals surface area contributed by atoms with E-state index in [9.17, 15) is 0 Å². The highest BCUT2D eigenvalue weighted by molar-refractivity contribution is 5.91. The molecule has 1 aliphatic carbocycles. The highest BCUT2D eigenvalue weighted by atomic mass is 16.5.